The third-order valence-corrected chi connectivity index (χ3v) is 5.48. The van der Waals surface area contributed by atoms with Gasteiger partial charge in [-0.15, -0.1) is 11.3 Å². The first-order chi connectivity index (χ1) is 9.74. The van der Waals surface area contributed by atoms with Crippen molar-refractivity contribution in [3.63, 3.8) is 0 Å². The predicted molar refractivity (Wildman–Crippen MR) is 85.5 cm³/mol. The van der Waals surface area contributed by atoms with Gasteiger partial charge in [0.05, 0.1) is 15.6 Å². The Kier molecular flexibility index (Phi) is 4.29. The lowest BCUT2D eigenvalue weighted by Crippen LogP contribution is -2.19. The Morgan fingerprint density at radius 2 is 1.75 bits per heavy atom. The first kappa shape index (κ1) is 13.9. The van der Waals surface area contributed by atoms with Crippen LogP contribution in [0.4, 0.5) is 10.7 Å². The third kappa shape index (κ3) is 3.35. The van der Waals surface area contributed by atoms with Crippen molar-refractivity contribution in [3.05, 3.63) is 10.9 Å². The van der Waals surface area contributed by atoms with Gasteiger partial charge in [0.1, 0.15) is 0 Å². The standard InChI is InChI=1S/C16H24N2OS/c17-13-10-14(20-16(13)15(19)11-8-9-11)18-12-6-4-2-1-3-5-7-12/h10-12,18H,1-9,17H2. The molecule has 0 spiro atoms. The van der Waals surface area contributed by atoms with Crippen LogP contribution in [-0.2, 0) is 0 Å². The SMILES string of the molecule is Nc1cc(NC2CCCCCCC2)sc1C(=O)C1CC1. The number of thiophene rings is 1. The van der Waals surface area contributed by atoms with Gasteiger partial charge in [-0.2, -0.15) is 0 Å². The number of nitrogens with two attached hydrogens (primary N) is 1. The average Bonchev–Trinajstić information content (AvgIpc) is 3.16. The van der Waals surface area contributed by atoms with Crippen molar-refractivity contribution in [2.75, 3.05) is 11.1 Å². The van der Waals surface area contributed by atoms with Crippen molar-refractivity contribution in [3.8, 4) is 0 Å². The second kappa shape index (κ2) is 6.17. The maximum Gasteiger partial charge on any atom is 0.178 e. The Hall–Kier alpha value is -1.03. The molecule has 2 aliphatic carbocycles. The second-order valence-corrected chi connectivity index (χ2v) is 7.27. The van der Waals surface area contributed by atoms with E-state index >= 15 is 0 Å². The van der Waals surface area contributed by atoms with E-state index in [1.165, 1.54) is 44.9 Å². The fraction of sp³-hybridized carbons (Fsp3) is 0.688. The number of carbonyl (C=O) groups excluding carboxylic acids is 1. The third-order valence-electron chi connectivity index (χ3n) is 4.38. The van der Waals surface area contributed by atoms with Crippen molar-refractivity contribution in [1.82, 2.24) is 0 Å². The second-order valence-electron chi connectivity index (χ2n) is 6.22. The normalized spacial score (nSPS) is 21.2. The van der Waals surface area contributed by atoms with Crippen LogP contribution in [0.5, 0.6) is 0 Å². The van der Waals surface area contributed by atoms with Crippen LogP contribution < -0.4 is 11.1 Å². The highest BCUT2D eigenvalue weighted by molar-refractivity contribution is 7.18. The van der Waals surface area contributed by atoms with E-state index in [9.17, 15) is 4.79 Å². The fourth-order valence-electron chi connectivity index (χ4n) is 3.00. The number of nitrogen functional groups attached to an aromatic ring is 1. The minimum atomic E-state index is 0.255. The van der Waals surface area contributed by atoms with Crippen LogP contribution in [0.3, 0.4) is 0 Å². The summed E-state index contributed by atoms with van der Waals surface area (Å²) in [6, 6.07) is 2.51. The van der Waals surface area contributed by atoms with Crippen molar-refractivity contribution < 1.29 is 4.79 Å². The molecular formula is C16H24N2OS. The van der Waals surface area contributed by atoms with Gasteiger partial charge in [-0.25, -0.2) is 0 Å². The van der Waals surface area contributed by atoms with Gasteiger partial charge in [0.15, 0.2) is 5.78 Å². The summed E-state index contributed by atoms with van der Waals surface area (Å²) < 4.78 is 0. The summed E-state index contributed by atoms with van der Waals surface area (Å²) in [5.41, 5.74) is 6.69. The molecule has 0 bridgehead atoms. The van der Waals surface area contributed by atoms with Gasteiger partial charge >= 0.3 is 0 Å². The van der Waals surface area contributed by atoms with Crippen LogP contribution in [0, 0.1) is 5.92 Å². The molecule has 2 fully saturated rings. The molecular weight excluding hydrogens is 268 g/mol. The Morgan fingerprint density at radius 3 is 2.40 bits per heavy atom. The van der Waals surface area contributed by atoms with E-state index in [4.69, 9.17) is 5.73 Å². The lowest BCUT2D eigenvalue weighted by Gasteiger charge is -2.21. The number of hydrogen-bond donors (Lipinski definition) is 2. The monoisotopic (exact) mass is 292 g/mol. The molecule has 3 N–H and O–H groups in total. The molecule has 110 valence electrons. The van der Waals surface area contributed by atoms with Gasteiger partial charge < -0.3 is 11.1 Å². The molecule has 0 unspecified atom stereocenters. The summed E-state index contributed by atoms with van der Waals surface area (Å²) in [5, 5.41) is 4.69. The number of anilines is 2. The summed E-state index contributed by atoms with van der Waals surface area (Å²) in [7, 11) is 0. The van der Waals surface area contributed by atoms with E-state index in [1.807, 2.05) is 6.07 Å². The summed E-state index contributed by atoms with van der Waals surface area (Å²) in [6.45, 7) is 0. The quantitative estimate of drug-likeness (QED) is 0.806. The number of ketones is 1. The smallest absolute Gasteiger partial charge is 0.178 e. The molecule has 2 aliphatic rings. The van der Waals surface area contributed by atoms with Gasteiger partial charge in [-0.1, -0.05) is 32.1 Å². The number of rotatable bonds is 4. The molecule has 0 aliphatic heterocycles. The molecule has 0 radical (unpaired) electrons. The van der Waals surface area contributed by atoms with E-state index in [-0.39, 0.29) is 11.7 Å². The first-order valence-corrected chi connectivity index (χ1v) is 8.76. The van der Waals surface area contributed by atoms with E-state index in [2.05, 4.69) is 5.32 Å². The highest BCUT2D eigenvalue weighted by Crippen LogP contribution is 2.39. The zero-order valence-corrected chi connectivity index (χ0v) is 12.8. The minimum Gasteiger partial charge on any atom is -0.397 e. The van der Waals surface area contributed by atoms with E-state index in [0.717, 1.165) is 22.7 Å². The lowest BCUT2D eigenvalue weighted by atomic mass is 9.97. The maximum atomic E-state index is 12.1. The van der Waals surface area contributed by atoms with Crippen LogP contribution in [0.25, 0.3) is 0 Å². The minimum absolute atomic E-state index is 0.255. The van der Waals surface area contributed by atoms with Crippen molar-refractivity contribution in [1.29, 1.82) is 0 Å². The Labute approximate surface area is 124 Å². The lowest BCUT2D eigenvalue weighted by molar-refractivity contribution is 0.0972. The molecule has 0 amide bonds. The molecule has 1 heterocycles. The first-order valence-electron chi connectivity index (χ1n) is 7.94. The molecule has 0 aromatic carbocycles. The molecule has 20 heavy (non-hydrogen) atoms. The molecule has 3 rings (SSSR count). The molecule has 3 nitrogen and oxygen atoms in total. The van der Waals surface area contributed by atoms with Gasteiger partial charge in [0, 0.05) is 12.0 Å². The van der Waals surface area contributed by atoms with Crippen LogP contribution >= 0.6 is 11.3 Å². The largest absolute Gasteiger partial charge is 0.397 e. The zero-order chi connectivity index (χ0) is 13.9. The predicted octanol–water partition coefficient (Wildman–Crippen LogP) is 4.45. The van der Waals surface area contributed by atoms with E-state index < -0.39 is 0 Å². The van der Waals surface area contributed by atoms with Crippen molar-refractivity contribution in [2.45, 2.75) is 63.8 Å². The molecule has 0 atom stereocenters. The van der Waals surface area contributed by atoms with Crippen LogP contribution in [-0.4, -0.2) is 11.8 Å². The van der Waals surface area contributed by atoms with Crippen LogP contribution in [0.2, 0.25) is 0 Å². The maximum absolute atomic E-state index is 12.1. The summed E-state index contributed by atoms with van der Waals surface area (Å²) in [6.07, 6.45) is 11.3. The van der Waals surface area contributed by atoms with Gasteiger partial charge in [0.25, 0.3) is 0 Å². The summed E-state index contributed by atoms with van der Waals surface area (Å²) in [4.78, 5) is 12.9. The highest BCUT2D eigenvalue weighted by atomic mass is 32.1. The number of hydrogen-bond acceptors (Lipinski definition) is 4. The average molecular weight is 292 g/mol. The van der Waals surface area contributed by atoms with Crippen molar-refractivity contribution in [2.24, 2.45) is 5.92 Å². The molecule has 0 saturated heterocycles. The van der Waals surface area contributed by atoms with Crippen LogP contribution in [0.15, 0.2) is 6.07 Å². The summed E-state index contributed by atoms with van der Waals surface area (Å²) in [5.74, 6) is 0.517. The van der Waals surface area contributed by atoms with E-state index in [1.54, 1.807) is 11.3 Å². The summed E-state index contributed by atoms with van der Waals surface area (Å²) >= 11 is 1.56. The van der Waals surface area contributed by atoms with Crippen LogP contribution in [0.1, 0.15) is 67.5 Å². The Balaban J connectivity index is 1.64. The van der Waals surface area contributed by atoms with Crippen molar-refractivity contribution >= 4 is 27.8 Å². The number of carbonyl (C=O) groups is 1. The Morgan fingerprint density at radius 1 is 1.10 bits per heavy atom. The van der Waals surface area contributed by atoms with E-state index in [0.29, 0.717) is 11.7 Å². The number of Topliss-reactive ketones (excluding diaryl/α,β-unsaturated/α-hetero) is 1. The zero-order valence-electron chi connectivity index (χ0n) is 12.0. The highest BCUT2D eigenvalue weighted by Gasteiger charge is 2.32. The Bertz CT molecular complexity index is 471. The van der Waals surface area contributed by atoms with Gasteiger partial charge in [-0.3, -0.25) is 4.79 Å². The molecule has 1 aromatic heterocycles. The van der Waals surface area contributed by atoms with Gasteiger partial charge in [-0.05, 0) is 31.7 Å². The topological polar surface area (TPSA) is 55.1 Å². The molecule has 4 heteroatoms. The fourth-order valence-corrected chi connectivity index (χ4v) is 4.08. The molecule has 1 aromatic rings. The number of nitrogens with one attached hydrogen (secondary N) is 1. The van der Waals surface area contributed by atoms with Gasteiger partial charge in [0.2, 0.25) is 0 Å². The molecule has 2 saturated carbocycles.